The normalized spacial score (nSPS) is 10.7. The van der Waals surface area contributed by atoms with Gasteiger partial charge in [-0.15, -0.1) is 0 Å². The first kappa shape index (κ1) is 19.1. The van der Waals surface area contributed by atoms with Crippen LogP contribution >= 0.6 is 0 Å². The molecule has 9 nitrogen and oxygen atoms in total. The molecule has 0 unspecified atom stereocenters. The average molecular weight is 401 g/mol. The second-order valence-corrected chi connectivity index (χ2v) is 6.70. The fourth-order valence-electron chi connectivity index (χ4n) is 3.11. The predicted octanol–water partition coefficient (Wildman–Crippen LogP) is 3.46. The number of nitrogens with zero attached hydrogens (tertiary/aromatic N) is 6. The molecule has 0 atom stereocenters. The molecule has 0 radical (unpaired) electrons. The van der Waals surface area contributed by atoms with Gasteiger partial charge in [0.15, 0.2) is 0 Å². The van der Waals surface area contributed by atoms with Crippen molar-refractivity contribution in [2.24, 2.45) is 0 Å². The number of nitro groups is 1. The summed E-state index contributed by atoms with van der Waals surface area (Å²) in [4.78, 5) is 20.3. The van der Waals surface area contributed by atoms with Crippen molar-refractivity contribution in [1.29, 1.82) is 0 Å². The molecule has 4 rings (SSSR count). The predicted molar refractivity (Wildman–Crippen MR) is 114 cm³/mol. The summed E-state index contributed by atoms with van der Waals surface area (Å²) in [6.45, 7) is 0.439. The Morgan fingerprint density at radius 3 is 2.40 bits per heavy atom. The molecule has 0 aliphatic heterocycles. The summed E-state index contributed by atoms with van der Waals surface area (Å²) >= 11 is 0. The van der Waals surface area contributed by atoms with Gasteiger partial charge in [0, 0.05) is 30.9 Å². The first-order valence-electron chi connectivity index (χ1n) is 9.20. The van der Waals surface area contributed by atoms with Gasteiger partial charge in [0.2, 0.25) is 11.8 Å². The number of anilines is 2. The van der Waals surface area contributed by atoms with E-state index in [4.69, 9.17) is 10.8 Å². The van der Waals surface area contributed by atoms with Gasteiger partial charge in [-0.3, -0.25) is 10.1 Å². The molecule has 30 heavy (non-hydrogen) atoms. The van der Waals surface area contributed by atoms with Crippen LogP contribution in [0.25, 0.3) is 16.9 Å². The monoisotopic (exact) mass is 401 g/mol. The Kier molecular flexibility index (Phi) is 5.08. The highest BCUT2D eigenvalue weighted by molar-refractivity contribution is 5.64. The molecule has 0 saturated heterocycles. The van der Waals surface area contributed by atoms with Crippen LogP contribution in [0.4, 0.5) is 17.5 Å². The molecular weight excluding hydrogens is 382 g/mol. The van der Waals surface area contributed by atoms with Crippen molar-refractivity contribution in [3.8, 4) is 16.9 Å². The third-order valence-electron chi connectivity index (χ3n) is 4.59. The van der Waals surface area contributed by atoms with Gasteiger partial charge in [-0.2, -0.15) is 10.1 Å². The third-order valence-corrected chi connectivity index (χ3v) is 4.59. The van der Waals surface area contributed by atoms with Crippen molar-refractivity contribution in [2.75, 3.05) is 17.7 Å². The van der Waals surface area contributed by atoms with E-state index in [1.807, 2.05) is 71.5 Å². The second-order valence-electron chi connectivity index (χ2n) is 6.70. The summed E-state index contributed by atoms with van der Waals surface area (Å²) in [7, 11) is 1.80. The lowest BCUT2D eigenvalue weighted by Crippen LogP contribution is -2.20. The molecule has 0 saturated carbocycles. The van der Waals surface area contributed by atoms with E-state index in [0.717, 1.165) is 28.7 Å². The van der Waals surface area contributed by atoms with Gasteiger partial charge in [0.25, 0.3) is 0 Å². The maximum Gasteiger partial charge on any atom is 0.329 e. The summed E-state index contributed by atoms with van der Waals surface area (Å²) < 4.78 is 1.83. The van der Waals surface area contributed by atoms with Gasteiger partial charge < -0.3 is 10.6 Å². The van der Waals surface area contributed by atoms with Crippen LogP contribution in [-0.4, -0.2) is 31.7 Å². The Balaban J connectivity index is 1.70. The van der Waals surface area contributed by atoms with E-state index in [-0.39, 0.29) is 11.5 Å². The zero-order valence-electron chi connectivity index (χ0n) is 16.2. The molecule has 2 aromatic carbocycles. The van der Waals surface area contributed by atoms with Crippen LogP contribution < -0.4 is 10.6 Å². The fraction of sp³-hybridized carbons (Fsp3) is 0.0952. The largest absolute Gasteiger partial charge is 0.378 e. The van der Waals surface area contributed by atoms with Crippen LogP contribution in [0.1, 0.15) is 5.56 Å². The summed E-state index contributed by atoms with van der Waals surface area (Å²) in [5.41, 5.74) is 9.12. The highest BCUT2D eigenvalue weighted by Crippen LogP contribution is 2.26. The fourth-order valence-corrected chi connectivity index (χ4v) is 3.11. The number of hydrogen-bond acceptors (Lipinski definition) is 7. The van der Waals surface area contributed by atoms with Crippen molar-refractivity contribution in [3.63, 3.8) is 0 Å². The van der Waals surface area contributed by atoms with Crippen LogP contribution in [0.3, 0.4) is 0 Å². The molecule has 150 valence electrons. The summed E-state index contributed by atoms with van der Waals surface area (Å²) in [5.74, 6) is 0.129. The Bertz CT molecular complexity index is 1180. The summed E-state index contributed by atoms with van der Waals surface area (Å²) in [5, 5.41) is 15.7. The van der Waals surface area contributed by atoms with Crippen LogP contribution in [0.15, 0.2) is 73.1 Å². The molecule has 4 aromatic rings. The van der Waals surface area contributed by atoms with Crippen LogP contribution in [0.2, 0.25) is 0 Å². The molecule has 0 aliphatic carbocycles. The molecule has 2 N–H and O–H groups in total. The van der Waals surface area contributed by atoms with Crippen molar-refractivity contribution in [2.45, 2.75) is 6.54 Å². The van der Waals surface area contributed by atoms with Gasteiger partial charge in [0.1, 0.15) is 6.20 Å². The van der Waals surface area contributed by atoms with Crippen molar-refractivity contribution in [3.05, 3.63) is 88.7 Å². The molecule has 0 bridgehead atoms. The van der Waals surface area contributed by atoms with Crippen LogP contribution in [-0.2, 0) is 6.54 Å². The van der Waals surface area contributed by atoms with Crippen molar-refractivity contribution in [1.82, 2.24) is 19.7 Å². The number of para-hydroxylation sites is 1. The number of nitrogens with two attached hydrogens (primary N) is 1. The van der Waals surface area contributed by atoms with E-state index in [1.54, 1.807) is 11.9 Å². The SMILES string of the molecule is CN(Cc1cn(-c2ccccc2)nc1-c1ccccc1)c1ncc([N+](=O)[O-])c(N)n1. The Labute approximate surface area is 172 Å². The van der Waals surface area contributed by atoms with Crippen LogP contribution in [0, 0.1) is 10.1 Å². The smallest absolute Gasteiger partial charge is 0.329 e. The average Bonchev–Trinajstić information content (AvgIpc) is 3.18. The molecule has 2 aromatic heterocycles. The van der Waals surface area contributed by atoms with E-state index in [0.29, 0.717) is 12.5 Å². The second kappa shape index (κ2) is 8.00. The number of benzene rings is 2. The van der Waals surface area contributed by atoms with Gasteiger partial charge in [-0.1, -0.05) is 48.5 Å². The maximum absolute atomic E-state index is 11.0. The molecule has 0 fully saturated rings. The minimum atomic E-state index is -0.601. The number of nitrogen functional groups attached to an aromatic ring is 1. The highest BCUT2D eigenvalue weighted by atomic mass is 16.6. The summed E-state index contributed by atoms with van der Waals surface area (Å²) in [6, 6.07) is 19.7. The van der Waals surface area contributed by atoms with Gasteiger partial charge >= 0.3 is 5.69 Å². The topological polar surface area (TPSA) is 116 Å². The van der Waals surface area contributed by atoms with Gasteiger partial charge in [0.05, 0.1) is 16.3 Å². The van der Waals surface area contributed by atoms with Gasteiger partial charge in [-0.25, -0.2) is 9.67 Å². The quantitative estimate of drug-likeness (QED) is 0.388. The minimum absolute atomic E-state index is 0.167. The molecule has 2 heterocycles. The Morgan fingerprint density at radius 1 is 1.10 bits per heavy atom. The van der Waals surface area contributed by atoms with E-state index in [9.17, 15) is 10.1 Å². The molecule has 0 amide bonds. The molecule has 0 spiro atoms. The van der Waals surface area contributed by atoms with Crippen LogP contribution in [0.5, 0.6) is 0 Å². The lowest BCUT2D eigenvalue weighted by molar-refractivity contribution is -0.384. The lowest BCUT2D eigenvalue weighted by Gasteiger charge is -2.17. The molecule has 0 aliphatic rings. The zero-order chi connectivity index (χ0) is 21.1. The first-order valence-corrected chi connectivity index (χ1v) is 9.20. The van der Waals surface area contributed by atoms with E-state index in [2.05, 4.69) is 9.97 Å². The minimum Gasteiger partial charge on any atom is -0.378 e. The van der Waals surface area contributed by atoms with Crippen molar-refractivity contribution >= 4 is 17.5 Å². The Morgan fingerprint density at radius 2 is 1.77 bits per heavy atom. The molecule has 9 heteroatoms. The Hall–Kier alpha value is -4.27. The number of rotatable bonds is 6. The van der Waals surface area contributed by atoms with Crippen molar-refractivity contribution < 1.29 is 4.92 Å². The molecular formula is C21H19N7O2. The highest BCUT2D eigenvalue weighted by Gasteiger charge is 2.18. The number of hydrogen-bond donors (Lipinski definition) is 1. The van der Waals surface area contributed by atoms with E-state index < -0.39 is 4.92 Å². The summed E-state index contributed by atoms with van der Waals surface area (Å²) in [6.07, 6.45) is 3.09. The third kappa shape index (κ3) is 3.81. The van der Waals surface area contributed by atoms with E-state index in [1.165, 1.54) is 0 Å². The maximum atomic E-state index is 11.0. The number of aromatic nitrogens is 4. The van der Waals surface area contributed by atoms with E-state index >= 15 is 0 Å². The first-order chi connectivity index (χ1) is 14.5. The van der Waals surface area contributed by atoms with Gasteiger partial charge in [-0.05, 0) is 12.1 Å². The zero-order valence-corrected chi connectivity index (χ0v) is 16.2. The standard InChI is InChI=1S/C21H19N7O2/c1-26(21-23-12-18(28(29)30)20(22)24-21)13-16-14-27(17-10-6-3-7-11-17)25-19(16)15-8-4-2-5-9-15/h2-12,14H,13H2,1H3,(H2,22,23,24). The lowest BCUT2D eigenvalue weighted by atomic mass is 10.1.